The topological polar surface area (TPSA) is 114 Å². The molecule has 1 aliphatic heterocycles. The lowest BCUT2D eigenvalue weighted by Gasteiger charge is -2.39. The molecule has 2 aliphatic carbocycles. The minimum absolute atomic E-state index is 0.0592. The predicted octanol–water partition coefficient (Wildman–Crippen LogP) is 2.81. The first-order valence-electron chi connectivity index (χ1n) is 11.3. The van der Waals surface area contributed by atoms with Crippen molar-refractivity contribution in [3.8, 4) is 11.1 Å². The van der Waals surface area contributed by atoms with Gasteiger partial charge in [0.15, 0.2) is 6.10 Å². The molecule has 2 amide bonds. The smallest absolute Gasteiger partial charge is 0.407 e. The van der Waals surface area contributed by atoms with Crippen molar-refractivity contribution in [2.45, 2.75) is 49.3 Å². The summed E-state index contributed by atoms with van der Waals surface area (Å²) in [6.07, 6.45) is 0.419. The number of rotatable bonds is 6. The fourth-order valence-corrected chi connectivity index (χ4v) is 5.02. The largest absolute Gasteiger partial charge is 0.480 e. The lowest BCUT2D eigenvalue weighted by molar-refractivity contribution is -0.153. The summed E-state index contributed by atoms with van der Waals surface area (Å²) in [5.41, 5.74) is 3.30. The minimum atomic E-state index is -1.22. The fourth-order valence-electron chi connectivity index (χ4n) is 5.02. The molecule has 8 nitrogen and oxygen atoms in total. The van der Waals surface area contributed by atoms with Crippen LogP contribution >= 0.6 is 0 Å². The second-order valence-electron chi connectivity index (χ2n) is 8.89. The summed E-state index contributed by atoms with van der Waals surface area (Å²) >= 11 is 0. The average Bonchev–Trinajstić information content (AvgIpc) is 3.37. The number of amides is 2. The zero-order valence-electron chi connectivity index (χ0n) is 18.1. The molecule has 1 heterocycles. The molecule has 172 valence electrons. The van der Waals surface area contributed by atoms with Gasteiger partial charge in [0.1, 0.15) is 12.1 Å². The van der Waals surface area contributed by atoms with Gasteiger partial charge in [0, 0.05) is 12.5 Å². The van der Waals surface area contributed by atoms with E-state index >= 15 is 0 Å². The minimum Gasteiger partial charge on any atom is -0.480 e. The third-order valence-electron chi connectivity index (χ3n) is 6.98. The van der Waals surface area contributed by atoms with E-state index in [9.17, 15) is 19.5 Å². The van der Waals surface area contributed by atoms with Crippen LogP contribution in [0.1, 0.15) is 42.7 Å². The van der Waals surface area contributed by atoms with E-state index in [1.54, 1.807) is 0 Å². The number of ether oxygens (including phenoxy) is 2. The van der Waals surface area contributed by atoms with Crippen LogP contribution in [0.3, 0.4) is 0 Å². The normalized spacial score (nSPS) is 22.5. The van der Waals surface area contributed by atoms with Gasteiger partial charge in [-0.3, -0.25) is 4.79 Å². The molecular formula is C25H26N2O6. The number of hydrogen-bond acceptors (Lipinski definition) is 5. The SMILES string of the molecule is O=C(NC1CCOC1C(=O)NC1(C(=O)O)CCC1)OCC1c2ccccc2-c2ccccc21. The quantitative estimate of drug-likeness (QED) is 0.624. The molecule has 0 radical (unpaired) electrons. The van der Waals surface area contributed by atoms with E-state index in [1.807, 2.05) is 36.4 Å². The molecule has 1 saturated carbocycles. The summed E-state index contributed by atoms with van der Waals surface area (Å²) in [7, 11) is 0. The summed E-state index contributed by atoms with van der Waals surface area (Å²) in [5, 5.41) is 14.8. The van der Waals surface area contributed by atoms with E-state index in [-0.39, 0.29) is 12.5 Å². The van der Waals surface area contributed by atoms with Crippen LogP contribution in [0.4, 0.5) is 4.79 Å². The number of nitrogens with one attached hydrogen (secondary N) is 2. The highest BCUT2D eigenvalue weighted by Gasteiger charge is 2.48. The molecule has 0 aromatic heterocycles. The van der Waals surface area contributed by atoms with Crippen molar-refractivity contribution in [2.24, 2.45) is 0 Å². The molecule has 33 heavy (non-hydrogen) atoms. The Labute approximate surface area is 191 Å². The van der Waals surface area contributed by atoms with Crippen LogP contribution in [0.5, 0.6) is 0 Å². The number of carbonyl (C=O) groups excluding carboxylic acids is 2. The van der Waals surface area contributed by atoms with Crippen LogP contribution in [-0.4, -0.2) is 54.0 Å². The highest BCUT2D eigenvalue weighted by molar-refractivity contribution is 5.90. The van der Waals surface area contributed by atoms with Crippen LogP contribution < -0.4 is 10.6 Å². The number of alkyl carbamates (subject to hydrolysis) is 1. The zero-order valence-corrected chi connectivity index (χ0v) is 18.1. The van der Waals surface area contributed by atoms with Crippen molar-refractivity contribution in [2.75, 3.05) is 13.2 Å². The second kappa shape index (κ2) is 8.51. The third-order valence-corrected chi connectivity index (χ3v) is 6.98. The standard InChI is InChI=1S/C25H26N2O6/c28-22(27-25(23(29)30)11-5-12-25)21-20(10-13-32-21)26-24(31)33-14-19-17-8-3-1-6-15(17)16-7-2-4-9-18(16)19/h1-4,6-9,19-21H,5,10-14H2,(H,26,31)(H,27,28)(H,29,30). The number of carboxylic acids is 1. The van der Waals surface area contributed by atoms with Crippen LogP contribution in [0.2, 0.25) is 0 Å². The van der Waals surface area contributed by atoms with Crippen LogP contribution in [0, 0.1) is 0 Å². The number of aliphatic carboxylic acids is 1. The van der Waals surface area contributed by atoms with Crippen LogP contribution in [0.15, 0.2) is 48.5 Å². The molecule has 0 spiro atoms. The number of fused-ring (bicyclic) bond motifs is 3. The second-order valence-corrected chi connectivity index (χ2v) is 8.89. The van der Waals surface area contributed by atoms with Gasteiger partial charge < -0.3 is 25.2 Å². The molecular weight excluding hydrogens is 424 g/mol. The molecule has 2 aromatic carbocycles. The van der Waals surface area contributed by atoms with Gasteiger partial charge in [-0.2, -0.15) is 0 Å². The maximum absolute atomic E-state index is 12.7. The van der Waals surface area contributed by atoms with Crippen molar-refractivity contribution in [3.63, 3.8) is 0 Å². The maximum Gasteiger partial charge on any atom is 0.407 e. The van der Waals surface area contributed by atoms with Gasteiger partial charge in [0.05, 0.1) is 6.04 Å². The molecule has 1 saturated heterocycles. The highest BCUT2D eigenvalue weighted by atomic mass is 16.6. The molecule has 8 heteroatoms. The Balaban J connectivity index is 1.21. The van der Waals surface area contributed by atoms with Crippen molar-refractivity contribution in [3.05, 3.63) is 59.7 Å². The van der Waals surface area contributed by atoms with Gasteiger partial charge in [-0.25, -0.2) is 9.59 Å². The Morgan fingerprint density at radius 1 is 1.03 bits per heavy atom. The number of hydrogen-bond donors (Lipinski definition) is 3. The van der Waals surface area contributed by atoms with Gasteiger partial charge in [-0.15, -0.1) is 0 Å². The Bertz CT molecular complexity index is 1050. The molecule has 2 aromatic rings. The van der Waals surface area contributed by atoms with Gasteiger partial charge in [-0.1, -0.05) is 48.5 Å². The molecule has 3 N–H and O–H groups in total. The third kappa shape index (κ3) is 3.84. The Hall–Kier alpha value is -3.39. The molecule has 2 fully saturated rings. The van der Waals surface area contributed by atoms with E-state index in [2.05, 4.69) is 22.8 Å². The summed E-state index contributed by atoms with van der Waals surface area (Å²) in [6.45, 7) is 0.471. The first-order valence-corrected chi connectivity index (χ1v) is 11.3. The summed E-state index contributed by atoms with van der Waals surface area (Å²) < 4.78 is 11.1. The fraction of sp³-hybridized carbons (Fsp3) is 0.400. The molecule has 0 bridgehead atoms. The first kappa shape index (κ1) is 21.5. The van der Waals surface area contributed by atoms with Crippen molar-refractivity contribution < 1.29 is 29.0 Å². The van der Waals surface area contributed by atoms with E-state index in [0.29, 0.717) is 25.9 Å². The number of benzene rings is 2. The van der Waals surface area contributed by atoms with Crippen LogP contribution in [0.25, 0.3) is 11.1 Å². The molecule has 2 atom stereocenters. The van der Waals surface area contributed by atoms with E-state index < -0.39 is 35.7 Å². The van der Waals surface area contributed by atoms with Gasteiger partial charge >= 0.3 is 12.1 Å². The van der Waals surface area contributed by atoms with Gasteiger partial charge in [-0.05, 0) is 47.9 Å². The Kier molecular flexibility index (Phi) is 5.54. The van der Waals surface area contributed by atoms with Gasteiger partial charge in [0.2, 0.25) is 0 Å². The summed E-state index contributed by atoms with van der Waals surface area (Å²) in [5.74, 6) is -1.61. The highest BCUT2D eigenvalue weighted by Crippen LogP contribution is 2.44. The van der Waals surface area contributed by atoms with Gasteiger partial charge in [0.25, 0.3) is 5.91 Å². The number of carboxylic acid groups (broad SMARTS) is 1. The van der Waals surface area contributed by atoms with E-state index in [4.69, 9.17) is 9.47 Å². The summed E-state index contributed by atoms with van der Waals surface area (Å²) in [6, 6.07) is 15.6. The van der Waals surface area contributed by atoms with Crippen molar-refractivity contribution >= 4 is 18.0 Å². The van der Waals surface area contributed by atoms with E-state index in [1.165, 1.54) is 0 Å². The Morgan fingerprint density at radius 3 is 2.24 bits per heavy atom. The lowest BCUT2D eigenvalue weighted by Crippen LogP contribution is -2.62. The number of carbonyl (C=O) groups is 3. The monoisotopic (exact) mass is 450 g/mol. The lowest BCUT2D eigenvalue weighted by atomic mass is 9.76. The molecule has 5 rings (SSSR count). The Morgan fingerprint density at radius 2 is 1.67 bits per heavy atom. The van der Waals surface area contributed by atoms with Crippen molar-refractivity contribution in [1.29, 1.82) is 0 Å². The first-order chi connectivity index (χ1) is 16.0. The van der Waals surface area contributed by atoms with E-state index in [0.717, 1.165) is 28.7 Å². The van der Waals surface area contributed by atoms with Crippen LogP contribution in [-0.2, 0) is 19.1 Å². The maximum atomic E-state index is 12.7. The molecule has 3 aliphatic rings. The molecule has 2 unspecified atom stereocenters. The van der Waals surface area contributed by atoms with Crippen molar-refractivity contribution in [1.82, 2.24) is 10.6 Å². The summed E-state index contributed by atoms with van der Waals surface area (Å²) in [4.78, 5) is 36.8. The predicted molar refractivity (Wildman–Crippen MR) is 119 cm³/mol. The zero-order chi connectivity index (χ0) is 23.0. The average molecular weight is 450 g/mol.